The first kappa shape index (κ1) is 14.2. The highest BCUT2D eigenvalue weighted by Crippen LogP contribution is 2.06. The van der Waals surface area contributed by atoms with Crippen LogP contribution in [-0.4, -0.2) is 29.4 Å². The summed E-state index contributed by atoms with van der Waals surface area (Å²) in [5, 5.41) is 0. The standard InChI is InChI=1S/C16H17FN2O/c1-19(11-8-13-6-9-18-10-7-13)16(20)12-14-2-4-15(17)5-3-14/h2-7,9-10H,8,11-12H2,1H3. The van der Waals surface area contributed by atoms with Crippen LogP contribution in [0.15, 0.2) is 48.8 Å². The third-order valence-corrected chi connectivity index (χ3v) is 3.18. The van der Waals surface area contributed by atoms with Crippen molar-refractivity contribution in [3.8, 4) is 0 Å². The molecule has 0 spiro atoms. The van der Waals surface area contributed by atoms with Crippen molar-refractivity contribution in [3.63, 3.8) is 0 Å². The molecule has 1 aromatic carbocycles. The number of hydrogen-bond acceptors (Lipinski definition) is 2. The maximum Gasteiger partial charge on any atom is 0.226 e. The van der Waals surface area contributed by atoms with Crippen LogP contribution in [0.1, 0.15) is 11.1 Å². The Hall–Kier alpha value is -2.23. The summed E-state index contributed by atoms with van der Waals surface area (Å²) in [5.74, 6) is -0.252. The summed E-state index contributed by atoms with van der Waals surface area (Å²) in [6.07, 6.45) is 4.59. The number of hydrogen-bond donors (Lipinski definition) is 0. The predicted molar refractivity (Wildman–Crippen MR) is 75.7 cm³/mol. The van der Waals surface area contributed by atoms with Gasteiger partial charge in [-0.1, -0.05) is 12.1 Å². The Morgan fingerprint density at radius 1 is 1.10 bits per heavy atom. The van der Waals surface area contributed by atoms with Crippen LogP contribution in [0.5, 0.6) is 0 Å². The number of amides is 1. The van der Waals surface area contributed by atoms with Crippen molar-refractivity contribution in [3.05, 3.63) is 65.7 Å². The molecular formula is C16H17FN2O. The van der Waals surface area contributed by atoms with E-state index in [1.165, 1.54) is 12.1 Å². The van der Waals surface area contributed by atoms with Crippen LogP contribution in [0.3, 0.4) is 0 Å². The lowest BCUT2D eigenvalue weighted by atomic mass is 10.1. The lowest BCUT2D eigenvalue weighted by Crippen LogP contribution is -2.30. The van der Waals surface area contributed by atoms with Gasteiger partial charge in [0, 0.05) is 26.0 Å². The molecule has 0 N–H and O–H groups in total. The van der Waals surface area contributed by atoms with Gasteiger partial charge in [-0.2, -0.15) is 0 Å². The van der Waals surface area contributed by atoms with E-state index in [1.807, 2.05) is 12.1 Å². The summed E-state index contributed by atoms with van der Waals surface area (Å²) in [4.78, 5) is 17.7. The maximum atomic E-state index is 12.8. The summed E-state index contributed by atoms with van der Waals surface area (Å²) in [6.45, 7) is 0.657. The molecule has 0 bridgehead atoms. The Morgan fingerprint density at radius 2 is 1.75 bits per heavy atom. The summed E-state index contributed by atoms with van der Waals surface area (Å²) < 4.78 is 12.8. The van der Waals surface area contributed by atoms with Gasteiger partial charge in [0.2, 0.25) is 5.91 Å². The van der Waals surface area contributed by atoms with Gasteiger partial charge < -0.3 is 4.90 Å². The van der Waals surface area contributed by atoms with Crippen LogP contribution in [0.25, 0.3) is 0 Å². The molecule has 1 heterocycles. The number of rotatable bonds is 5. The smallest absolute Gasteiger partial charge is 0.226 e. The fourth-order valence-electron chi connectivity index (χ4n) is 1.88. The first-order valence-electron chi connectivity index (χ1n) is 6.52. The molecule has 0 aliphatic heterocycles. The first-order chi connectivity index (χ1) is 9.65. The van der Waals surface area contributed by atoms with Crippen LogP contribution < -0.4 is 0 Å². The Bertz CT molecular complexity index is 554. The van der Waals surface area contributed by atoms with Crippen molar-refractivity contribution in [2.75, 3.05) is 13.6 Å². The summed E-state index contributed by atoms with van der Waals surface area (Å²) in [6, 6.07) is 9.92. The number of likely N-dealkylation sites (N-methyl/N-ethyl adjacent to an activating group) is 1. The summed E-state index contributed by atoms with van der Waals surface area (Å²) in [7, 11) is 1.78. The molecule has 3 nitrogen and oxygen atoms in total. The second-order valence-electron chi connectivity index (χ2n) is 4.72. The van der Waals surface area contributed by atoms with Gasteiger partial charge in [-0.3, -0.25) is 9.78 Å². The van der Waals surface area contributed by atoms with E-state index in [1.54, 1.807) is 36.5 Å². The van der Waals surface area contributed by atoms with Crippen molar-refractivity contribution in [2.45, 2.75) is 12.8 Å². The van der Waals surface area contributed by atoms with Gasteiger partial charge in [0.1, 0.15) is 5.82 Å². The normalized spacial score (nSPS) is 10.3. The molecule has 104 valence electrons. The van der Waals surface area contributed by atoms with Crippen LogP contribution >= 0.6 is 0 Å². The van der Waals surface area contributed by atoms with E-state index in [4.69, 9.17) is 0 Å². The van der Waals surface area contributed by atoms with Crippen LogP contribution in [0.2, 0.25) is 0 Å². The molecule has 0 unspecified atom stereocenters. The zero-order chi connectivity index (χ0) is 14.4. The predicted octanol–water partition coefficient (Wildman–Crippen LogP) is 2.46. The Kier molecular flexibility index (Phi) is 4.82. The van der Waals surface area contributed by atoms with Crippen molar-refractivity contribution in [2.24, 2.45) is 0 Å². The Morgan fingerprint density at radius 3 is 2.40 bits per heavy atom. The molecule has 4 heteroatoms. The summed E-state index contributed by atoms with van der Waals surface area (Å²) >= 11 is 0. The van der Waals surface area contributed by atoms with Crippen LogP contribution in [0.4, 0.5) is 4.39 Å². The van der Waals surface area contributed by atoms with Crippen molar-refractivity contribution in [1.29, 1.82) is 0 Å². The van der Waals surface area contributed by atoms with Crippen molar-refractivity contribution < 1.29 is 9.18 Å². The fourth-order valence-corrected chi connectivity index (χ4v) is 1.88. The second kappa shape index (κ2) is 6.80. The maximum absolute atomic E-state index is 12.8. The highest BCUT2D eigenvalue weighted by atomic mass is 19.1. The monoisotopic (exact) mass is 272 g/mol. The molecule has 1 aromatic heterocycles. The van der Waals surface area contributed by atoms with E-state index < -0.39 is 0 Å². The quantitative estimate of drug-likeness (QED) is 0.837. The molecule has 0 atom stereocenters. The Labute approximate surface area is 118 Å². The van der Waals surface area contributed by atoms with Gasteiger partial charge in [0.05, 0.1) is 6.42 Å². The number of carbonyl (C=O) groups is 1. The number of halogens is 1. The molecule has 2 rings (SSSR count). The lowest BCUT2D eigenvalue weighted by Gasteiger charge is -2.17. The van der Waals surface area contributed by atoms with Gasteiger partial charge in [-0.15, -0.1) is 0 Å². The topological polar surface area (TPSA) is 33.2 Å². The SMILES string of the molecule is CN(CCc1ccncc1)C(=O)Cc1ccc(F)cc1. The highest BCUT2D eigenvalue weighted by Gasteiger charge is 2.09. The minimum Gasteiger partial charge on any atom is -0.345 e. The molecule has 0 saturated carbocycles. The lowest BCUT2D eigenvalue weighted by molar-refractivity contribution is -0.129. The number of nitrogens with zero attached hydrogens (tertiary/aromatic N) is 2. The molecule has 0 aliphatic carbocycles. The van der Waals surface area contributed by atoms with E-state index in [9.17, 15) is 9.18 Å². The van der Waals surface area contributed by atoms with Crippen LogP contribution in [-0.2, 0) is 17.6 Å². The van der Waals surface area contributed by atoms with Crippen molar-refractivity contribution in [1.82, 2.24) is 9.88 Å². The average molecular weight is 272 g/mol. The third kappa shape index (κ3) is 4.16. The van der Waals surface area contributed by atoms with Crippen LogP contribution in [0, 0.1) is 5.82 Å². The molecule has 0 saturated heterocycles. The molecule has 0 aliphatic rings. The van der Waals surface area contributed by atoms with Gasteiger partial charge >= 0.3 is 0 Å². The molecule has 2 aromatic rings. The number of carbonyl (C=O) groups excluding carboxylic acids is 1. The average Bonchev–Trinajstić information content (AvgIpc) is 2.48. The van der Waals surface area contributed by atoms with E-state index >= 15 is 0 Å². The number of aromatic nitrogens is 1. The summed E-state index contributed by atoms with van der Waals surface area (Å²) in [5.41, 5.74) is 1.98. The van der Waals surface area contributed by atoms with Gasteiger partial charge in [0.15, 0.2) is 0 Å². The minimum absolute atomic E-state index is 0.0330. The van der Waals surface area contributed by atoms with Gasteiger partial charge in [-0.05, 0) is 41.8 Å². The Balaban J connectivity index is 1.84. The minimum atomic E-state index is -0.285. The van der Waals surface area contributed by atoms with E-state index in [0.717, 1.165) is 17.5 Å². The molecule has 1 amide bonds. The van der Waals surface area contributed by atoms with E-state index in [2.05, 4.69) is 4.98 Å². The number of benzene rings is 1. The molecule has 0 fully saturated rings. The van der Waals surface area contributed by atoms with E-state index in [0.29, 0.717) is 13.0 Å². The number of pyridine rings is 1. The zero-order valence-corrected chi connectivity index (χ0v) is 11.4. The first-order valence-corrected chi connectivity index (χ1v) is 6.52. The van der Waals surface area contributed by atoms with Gasteiger partial charge in [0.25, 0.3) is 0 Å². The molecule has 20 heavy (non-hydrogen) atoms. The largest absolute Gasteiger partial charge is 0.345 e. The van der Waals surface area contributed by atoms with Gasteiger partial charge in [-0.25, -0.2) is 4.39 Å². The molecule has 0 radical (unpaired) electrons. The van der Waals surface area contributed by atoms with Crippen molar-refractivity contribution >= 4 is 5.91 Å². The fraction of sp³-hybridized carbons (Fsp3) is 0.250. The second-order valence-corrected chi connectivity index (χ2v) is 4.72. The zero-order valence-electron chi connectivity index (χ0n) is 11.4. The highest BCUT2D eigenvalue weighted by molar-refractivity contribution is 5.78. The van der Waals surface area contributed by atoms with E-state index in [-0.39, 0.29) is 11.7 Å². The molecular weight excluding hydrogens is 255 g/mol. The third-order valence-electron chi connectivity index (χ3n) is 3.18.